The van der Waals surface area contributed by atoms with Crippen LogP contribution in [0.2, 0.25) is 0 Å². The van der Waals surface area contributed by atoms with E-state index in [1.807, 2.05) is 19.1 Å². The van der Waals surface area contributed by atoms with Crippen LogP contribution in [0.4, 0.5) is 8.78 Å². The van der Waals surface area contributed by atoms with Crippen molar-refractivity contribution >= 4 is 11.0 Å². The maximum atomic E-state index is 13.5. The maximum absolute atomic E-state index is 13.5. The van der Waals surface area contributed by atoms with Crippen molar-refractivity contribution in [2.45, 2.75) is 52.2 Å². The minimum Gasteiger partial charge on any atom is -0.457 e. The third kappa shape index (κ3) is 5.16. The van der Waals surface area contributed by atoms with Crippen LogP contribution in [0.3, 0.4) is 0 Å². The number of hydrogen-bond donors (Lipinski definition) is 2. The highest BCUT2D eigenvalue weighted by atomic mass is 19.2. The number of halogens is 2. The number of nitrogens with one attached hydrogen (secondary N) is 1. The smallest absolute Gasteiger partial charge is 0.162 e. The SMILES string of the molecule is C=C(N)[C@H](C)NCc1nc2ccc(Oc3ccc(F)c(F)c3)cc2n1CCCCC. The van der Waals surface area contributed by atoms with E-state index < -0.39 is 11.6 Å². The van der Waals surface area contributed by atoms with Gasteiger partial charge in [0.2, 0.25) is 0 Å². The van der Waals surface area contributed by atoms with Crippen molar-refractivity contribution in [3.05, 3.63) is 66.1 Å². The van der Waals surface area contributed by atoms with Gasteiger partial charge in [-0.05, 0) is 37.6 Å². The quantitative estimate of drug-likeness (QED) is 0.445. The number of benzene rings is 2. The van der Waals surface area contributed by atoms with E-state index in [-0.39, 0.29) is 11.8 Å². The first-order valence-corrected chi connectivity index (χ1v) is 10.2. The van der Waals surface area contributed by atoms with E-state index >= 15 is 0 Å². The molecule has 1 atom stereocenters. The molecule has 7 heteroatoms. The monoisotopic (exact) mass is 414 g/mol. The van der Waals surface area contributed by atoms with E-state index in [2.05, 4.69) is 23.4 Å². The summed E-state index contributed by atoms with van der Waals surface area (Å²) >= 11 is 0. The number of rotatable bonds is 10. The van der Waals surface area contributed by atoms with E-state index in [0.29, 0.717) is 18.0 Å². The first-order valence-electron chi connectivity index (χ1n) is 10.2. The van der Waals surface area contributed by atoms with Crippen molar-refractivity contribution in [2.75, 3.05) is 0 Å². The molecule has 3 N–H and O–H groups in total. The molecule has 0 bridgehead atoms. The highest BCUT2D eigenvalue weighted by Crippen LogP contribution is 2.28. The van der Waals surface area contributed by atoms with Crippen LogP contribution in [0.1, 0.15) is 38.9 Å². The van der Waals surface area contributed by atoms with Gasteiger partial charge in [0.05, 0.1) is 17.6 Å². The molecule has 30 heavy (non-hydrogen) atoms. The van der Waals surface area contributed by atoms with Crippen molar-refractivity contribution in [1.29, 1.82) is 0 Å². The average Bonchev–Trinajstić information content (AvgIpc) is 3.06. The van der Waals surface area contributed by atoms with Gasteiger partial charge in [-0.15, -0.1) is 0 Å². The molecule has 160 valence electrons. The number of hydrogen-bond acceptors (Lipinski definition) is 4. The van der Waals surface area contributed by atoms with Gasteiger partial charge in [0.15, 0.2) is 11.6 Å². The Bertz CT molecular complexity index is 1030. The van der Waals surface area contributed by atoms with E-state index in [1.54, 1.807) is 6.07 Å². The van der Waals surface area contributed by atoms with Crippen molar-refractivity contribution < 1.29 is 13.5 Å². The average molecular weight is 415 g/mol. The summed E-state index contributed by atoms with van der Waals surface area (Å²) in [6.45, 7) is 9.28. The lowest BCUT2D eigenvalue weighted by atomic mass is 10.2. The van der Waals surface area contributed by atoms with E-state index in [9.17, 15) is 8.78 Å². The third-order valence-electron chi connectivity index (χ3n) is 5.03. The summed E-state index contributed by atoms with van der Waals surface area (Å²) in [5.41, 5.74) is 8.13. The van der Waals surface area contributed by atoms with Gasteiger partial charge in [-0.2, -0.15) is 0 Å². The molecular formula is C23H28F2N4O. The molecule has 0 saturated heterocycles. The molecule has 0 fully saturated rings. The molecule has 0 spiro atoms. The van der Waals surface area contributed by atoms with Crippen LogP contribution in [0.5, 0.6) is 11.5 Å². The summed E-state index contributed by atoms with van der Waals surface area (Å²) in [6.07, 6.45) is 3.27. The molecule has 0 aliphatic rings. The van der Waals surface area contributed by atoms with Gasteiger partial charge >= 0.3 is 0 Å². The Morgan fingerprint density at radius 3 is 2.60 bits per heavy atom. The topological polar surface area (TPSA) is 65.1 Å². The molecule has 3 rings (SSSR count). The second kappa shape index (κ2) is 9.71. The van der Waals surface area contributed by atoms with Crippen LogP contribution < -0.4 is 15.8 Å². The largest absolute Gasteiger partial charge is 0.457 e. The second-order valence-corrected chi connectivity index (χ2v) is 7.39. The Balaban J connectivity index is 1.89. The first kappa shape index (κ1) is 21.8. The zero-order chi connectivity index (χ0) is 21.7. The molecule has 0 unspecified atom stereocenters. The summed E-state index contributed by atoms with van der Waals surface area (Å²) < 4.78 is 34.6. The Morgan fingerprint density at radius 2 is 1.90 bits per heavy atom. The molecule has 0 amide bonds. The van der Waals surface area contributed by atoms with Crippen LogP contribution in [-0.2, 0) is 13.1 Å². The fraction of sp³-hybridized carbons (Fsp3) is 0.348. The van der Waals surface area contributed by atoms with Crippen LogP contribution in [0.15, 0.2) is 48.7 Å². The van der Waals surface area contributed by atoms with Crippen molar-refractivity contribution in [1.82, 2.24) is 14.9 Å². The van der Waals surface area contributed by atoms with Gasteiger partial charge in [0.1, 0.15) is 17.3 Å². The predicted octanol–water partition coefficient (Wildman–Crippen LogP) is 5.25. The minimum atomic E-state index is -0.942. The van der Waals surface area contributed by atoms with E-state index in [4.69, 9.17) is 15.5 Å². The highest BCUT2D eigenvalue weighted by molar-refractivity contribution is 5.78. The van der Waals surface area contributed by atoms with Gasteiger partial charge in [-0.25, -0.2) is 13.8 Å². The number of imidazole rings is 1. The Hall–Kier alpha value is -2.93. The molecule has 1 heterocycles. The number of aromatic nitrogens is 2. The number of aryl methyl sites for hydroxylation is 1. The maximum Gasteiger partial charge on any atom is 0.162 e. The number of ether oxygens (including phenoxy) is 1. The summed E-state index contributed by atoms with van der Waals surface area (Å²) in [6, 6.07) is 8.98. The molecule has 3 aromatic rings. The molecular weight excluding hydrogens is 386 g/mol. The van der Waals surface area contributed by atoms with Gasteiger partial charge < -0.3 is 20.4 Å². The normalized spacial score (nSPS) is 12.3. The molecule has 0 aliphatic heterocycles. The third-order valence-corrected chi connectivity index (χ3v) is 5.03. The van der Waals surface area contributed by atoms with Crippen LogP contribution in [-0.4, -0.2) is 15.6 Å². The lowest BCUT2D eigenvalue weighted by Crippen LogP contribution is -2.31. The Morgan fingerprint density at radius 1 is 1.17 bits per heavy atom. The lowest BCUT2D eigenvalue weighted by Gasteiger charge is -2.14. The van der Waals surface area contributed by atoms with E-state index in [0.717, 1.165) is 54.8 Å². The zero-order valence-electron chi connectivity index (χ0n) is 17.4. The molecule has 2 aromatic carbocycles. The summed E-state index contributed by atoms with van der Waals surface area (Å²) in [5.74, 6) is -0.171. The molecule has 5 nitrogen and oxygen atoms in total. The zero-order valence-corrected chi connectivity index (χ0v) is 17.4. The molecule has 0 saturated carbocycles. The summed E-state index contributed by atoms with van der Waals surface area (Å²) in [5, 5.41) is 3.34. The second-order valence-electron chi connectivity index (χ2n) is 7.39. The summed E-state index contributed by atoms with van der Waals surface area (Å²) in [4.78, 5) is 4.76. The Labute approximate surface area is 175 Å². The van der Waals surface area contributed by atoms with Crippen molar-refractivity contribution in [3.63, 3.8) is 0 Å². The fourth-order valence-corrected chi connectivity index (χ4v) is 3.17. The fourth-order valence-electron chi connectivity index (χ4n) is 3.17. The lowest BCUT2D eigenvalue weighted by molar-refractivity contribution is 0.461. The van der Waals surface area contributed by atoms with Gasteiger partial charge in [-0.1, -0.05) is 26.3 Å². The highest BCUT2D eigenvalue weighted by Gasteiger charge is 2.14. The number of nitrogens with two attached hydrogens (primary N) is 1. The summed E-state index contributed by atoms with van der Waals surface area (Å²) in [7, 11) is 0. The number of nitrogens with zero attached hydrogens (tertiary/aromatic N) is 2. The van der Waals surface area contributed by atoms with Gasteiger partial charge in [0, 0.05) is 30.4 Å². The number of fused-ring (bicyclic) bond motifs is 1. The molecule has 0 radical (unpaired) electrons. The predicted molar refractivity (Wildman–Crippen MR) is 115 cm³/mol. The van der Waals surface area contributed by atoms with Crippen molar-refractivity contribution in [2.24, 2.45) is 5.73 Å². The van der Waals surface area contributed by atoms with Crippen LogP contribution in [0, 0.1) is 11.6 Å². The Kier molecular flexibility index (Phi) is 7.05. The standard InChI is InChI=1S/C23H28F2N4O/c1-4-5-6-11-29-22-13-18(30-17-7-9-19(24)20(25)12-17)8-10-21(22)28-23(29)14-27-16(3)15(2)26/h7-10,12-13,16,27H,2,4-6,11,14,26H2,1,3H3/t16-/m0/s1. The van der Waals surface area contributed by atoms with Crippen molar-refractivity contribution in [3.8, 4) is 11.5 Å². The molecule has 1 aromatic heterocycles. The number of unbranched alkanes of at least 4 members (excludes halogenated alkanes) is 2. The molecule has 0 aliphatic carbocycles. The van der Waals surface area contributed by atoms with Gasteiger partial charge in [-0.3, -0.25) is 0 Å². The van der Waals surface area contributed by atoms with Crippen LogP contribution >= 0.6 is 0 Å². The van der Waals surface area contributed by atoms with Crippen LogP contribution in [0.25, 0.3) is 11.0 Å². The first-order chi connectivity index (χ1) is 14.4. The minimum absolute atomic E-state index is 0.0267. The van der Waals surface area contributed by atoms with E-state index in [1.165, 1.54) is 6.07 Å². The van der Waals surface area contributed by atoms with Gasteiger partial charge in [0.25, 0.3) is 0 Å².